The largest absolute Gasteiger partial charge is 0.496 e. The Kier molecular flexibility index (Phi) is 6.65. The minimum atomic E-state index is -3.54. The Labute approximate surface area is 200 Å². The number of hydrogen-bond donors (Lipinski definition) is 2. The molecule has 9 heteroatoms. The predicted octanol–water partition coefficient (Wildman–Crippen LogP) is 4.24. The molecule has 2 aromatic carbocycles. The van der Waals surface area contributed by atoms with Crippen molar-refractivity contribution >= 4 is 32.5 Å². The van der Waals surface area contributed by atoms with Gasteiger partial charge in [0, 0.05) is 31.9 Å². The average Bonchev–Trinajstić information content (AvgIpc) is 3.26. The zero-order valence-electron chi connectivity index (χ0n) is 19.5. The van der Waals surface area contributed by atoms with Crippen LogP contribution in [-0.2, 0) is 10.0 Å². The average molecular weight is 485 g/mol. The zero-order valence-corrected chi connectivity index (χ0v) is 20.4. The molecule has 1 saturated carbocycles. The summed E-state index contributed by atoms with van der Waals surface area (Å²) in [5.41, 5.74) is 3.62. The van der Waals surface area contributed by atoms with E-state index in [9.17, 15) is 8.42 Å². The van der Waals surface area contributed by atoms with Gasteiger partial charge in [-0.05, 0) is 54.2 Å². The van der Waals surface area contributed by atoms with Crippen molar-refractivity contribution in [2.45, 2.75) is 32.1 Å². The molecule has 1 aromatic heterocycles. The summed E-state index contributed by atoms with van der Waals surface area (Å²) in [6.07, 6.45) is 5.30. The molecular weight excluding hydrogens is 452 g/mol. The first-order valence-electron chi connectivity index (χ1n) is 12.1. The highest BCUT2D eigenvalue weighted by Crippen LogP contribution is 2.38. The molecule has 34 heavy (non-hydrogen) atoms. The van der Waals surface area contributed by atoms with Gasteiger partial charge in [0.2, 0.25) is 10.0 Å². The summed E-state index contributed by atoms with van der Waals surface area (Å²) in [6, 6.07) is 12.2. The lowest BCUT2D eigenvalue weighted by Crippen LogP contribution is -2.43. The van der Waals surface area contributed by atoms with Gasteiger partial charge in [0.05, 0.1) is 12.9 Å². The van der Waals surface area contributed by atoms with Crippen LogP contribution in [0.3, 0.4) is 0 Å². The molecule has 0 radical (unpaired) electrons. The third-order valence-corrected chi connectivity index (χ3v) is 8.27. The first kappa shape index (κ1) is 23.0. The Hall–Kier alpha value is -2.78. The molecule has 1 aliphatic carbocycles. The summed E-state index contributed by atoms with van der Waals surface area (Å²) in [5, 5.41) is 7.97. The fourth-order valence-corrected chi connectivity index (χ4v) is 6.56. The Bertz CT molecular complexity index is 1250. The molecule has 3 aromatic rings. The summed E-state index contributed by atoms with van der Waals surface area (Å²) in [7, 11) is -1.97. The molecule has 182 valence electrons. The van der Waals surface area contributed by atoms with Crippen molar-refractivity contribution in [3.63, 3.8) is 0 Å². The molecule has 2 N–H and O–H groups in total. The van der Waals surface area contributed by atoms with E-state index in [0.717, 1.165) is 63.0 Å². The van der Waals surface area contributed by atoms with Crippen molar-refractivity contribution in [3.05, 3.63) is 36.4 Å². The van der Waals surface area contributed by atoms with Crippen molar-refractivity contribution in [1.82, 2.24) is 10.5 Å². The van der Waals surface area contributed by atoms with Crippen molar-refractivity contribution < 1.29 is 17.7 Å². The maximum Gasteiger partial charge on any atom is 0.234 e. The number of ether oxygens (including phenoxy) is 1. The van der Waals surface area contributed by atoms with E-state index >= 15 is 0 Å². The number of methoxy groups -OCH3 is 1. The first-order chi connectivity index (χ1) is 16.5. The number of nitrogens with zero attached hydrogens (tertiary/aromatic N) is 2. The van der Waals surface area contributed by atoms with Gasteiger partial charge in [-0.2, -0.15) is 0 Å². The third-order valence-electron chi connectivity index (χ3n) is 6.85. The van der Waals surface area contributed by atoms with Crippen LogP contribution in [0.2, 0.25) is 0 Å². The SMILES string of the molecule is COc1cc(-c2cccc(N3CCNCC3)c2)cc2onc(NS(=O)(=O)CC3CCCCC3)c12. The summed E-state index contributed by atoms with van der Waals surface area (Å²) in [6.45, 7) is 3.89. The summed E-state index contributed by atoms with van der Waals surface area (Å²) in [5.74, 6) is 1.02. The summed E-state index contributed by atoms with van der Waals surface area (Å²) in [4.78, 5) is 2.36. The van der Waals surface area contributed by atoms with Crippen molar-refractivity contribution in [2.75, 3.05) is 48.7 Å². The van der Waals surface area contributed by atoms with Gasteiger partial charge in [0.15, 0.2) is 11.4 Å². The maximum absolute atomic E-state index is 12.8. The molecule has 1 saturated heterocycles. The molecule has 0 spiro atoms. The van der Waals surface area contributed by atoms with Gasteiger partial charge >= 0.3 is 0 Å². The number of anilines is 2. The fraction of sp³-hybridized carbons (Fsp3) is 0.480. The second-order valence-electron chi connectivity index (χ2n) is 9.26. The highest BCUT2D eigenvalue weighted by atomic mass is 32.2. The van der Waals surface area contributed by atoms with E-state index in [2.05, 4.69) is 44.4 Å². The van der Waals surface area contributed by atoms with Crippen LogP contribution in [0, 0.1) is 5.92 Å². The van der Waals surface area contributed by atoms with Crippen LogP contribution in [0.15, 0.2) is 40.9 Å². The van der Waals surface area contributed by atoms with Gasteiger partial charge in [-0.3, -0.25) is 4.72 Å². The topological polar surface area (TPSA) is 96.7 Å². The number of sulfonamides is 1. The lowest BCUT2D eigenvalue weighted by atomic mass is 9.91. The van der Waals surface area contributed by atoms with Gasteiger partial charge in [-0.15, -0.1) is 0 Å². The van der Waals surface area contributed by atoms with Crippen LogP contribution in [0.4, 0.5) is 11.5 Å². The number of benzene rings is 2. The molecule has 2 aliphatic rings. The van der Waals surface area contributed by atoms with Crippen LogP contribution in [-0.4, -0.2) is 52.6 Å². The van der Waals surface area contributed by atoms with Crippen LogP contribution in [0.25, 0.3) is 22.1 Å². The summed E-state index contributed by atoms with van der Waals surface area (Å²) < 4.78 is 39.5. The Morgan fingerprint density at radius 2 is 1.91 bits per heavy atom. The van der Waals surface area contributed by atoms with E-state index in [1.54, 1.807) is 7.11 Å². The molecule has 0 bridgehead atoms. The van der Waals surface area contributed by atoms with E-state index in [4.69, 9.17) is 9.26 Å². The predicted molar refractivity (Wildman–Crippen MR) is 135 cm³/mol. The van der Waals surface area contributed by atoms with Crippen molar-refractivity contribution in [2.24, 2.45) is 5.92 Å². The Balaban J connectivity index is 1.43. The zero-order chi connectivity index (χ0) is 23.5. The molecule has 1 aliphatic heterocycles. The van der Waals surface area contributed by atoms with E-state index in [-0.39, 0.29) is 17.5 Å². The third kappa shape index (κ3) is 5.00. The van der Waals surface area contributed by atoms with Crippen molar-refractivity contribution in [3.8, 4) is 16.9 Å². The second kappa shape index (κ2) is 9.84. The molecule has 8 nitrogen and oxygen atoms in total. The highest BCUT2D eigenvalue weighted by Gasteiger charge is 2.25. The van der Waals surface area contributed by atoms with E-state index in [0.29, 0.717) is 16.7 Å². The maximum atomic E-state index is 12.8. The van der Waals surface area contributed by atoms with Crippen LogP contribution < -0.4 is 19.7 Å². The number of fused-ring (bicyclic) bond motifs is 1. The Morgan fingerprint density at radius 1 is 1.12 bits per heavy atom. The number of piperazine rings is 1. The van der Waals surface area contributed by atoms with Gasteiger partial charge in [-0.1, -0.05) is 36.6 Å². The molecule has 0 amide bonds. The fourth-order valence-electron chi connectivity index (χ4n) is 5.09. The molecule has 2 fully saturated rings. The molecule has 0 unspecified atom stereocenters. The Morgan fingerprint density at radius 3 is 2.68 bits per heavy atom. The van der Waals surface area contributed by atoms with E-state index < -0.39 is 10.0 Å². The van der Waals surface area contributed by atoms with Gasteiger partial charge in [-0.25, -0.2) is 8.42 Å². The molecule has 0 atom stereocenters. The van der Waals surface area contributed by atoms with Crippen LogP contribution in [0.5, 0.6) is 5.75 Å². The minimum Gasteiger partial charge on any atom is -0.496 e. The monoisotopic (exact) mass is 484 g/mol. The molecular formula is C25H32N4O4S. The van der Waals surface area contributed by atoms with Crippen LogP contribution in [0.1, 0.15) is 32.1 Å². The first-order valence-corrected chi connectivity index (χ1v) is 13.7. The lowest BCUT2D eigenvalue weighted by Gasteiger charge is -2.29. The molecule has 2 heterocycles. The quantitative estimate of drug-likeness (QED) is 0.518. The minimum absolute atomic E-state index is 0.112. The second-order valence-corrected chi connectivity index (χ2v) is 11.0. The van der Waals surface area contributed by atoms with Gasteiger partial charge in [0.25, 0.3) is 0 Å². The van der Waals surface area contributed by atoms with E-state index in [1.165, 1.54) is 12.1 Å². The van der Waals surface area contributed by atoms with Gasteiger partial charge in [0.1, 0.15) is 11.1 Å². The normalized spacial score (nSPS) is 17.7. The summed E-state index contributed by atoms with van der Waals surface area (Å²) >= 11 is 0. The number of nitrogens with one attached hydrogen (secondary N) is 2. The van der Waals surface area contributed by atoms with Crippen molar-refractivity contribution in [1.29, 1.82) is 0 Å². The van der Waals surface area contributed by atoms with E-state index in [1.807, 2.05) is 12.1 Å². The number of hydrogen-bond acceptors (Lipinski definition) is 7. The lowest BCUT2D eigenvalue weighted by molar-refractivity contribution is 0.385. The van der Waals surface area contributed by atoms with Crippen LogP contribution >= 0.6 is 0 Å². The molecule has 5 rings (SSSR count). The highest BCUT2D eigenvalue weighted by molar-refractivity contribution is 7.92. The standard InChI is InChI=1S/C25H32N4O4S/c1-32-22-15-20(19-8-5-9-21(14-19)29-12-10-26-11-13-29)16-23-24(22)25(27-33-23)28-34(30,31)17-18-6-3-2-4-7-18/h5,8-9,14-16,18,26H,2-4,6-7,10-13,17H2,1H3,(H,27,28). The van der Waals surface area contributed by atoms with Gasteiger partial charge < -0.3 is 19.5 Å². The number of rotatable bonds is 7. The smallest absolute Gasteiger partial charge is 0.234 e. The number of aromatic nitrogens is 1.